The van der Waals surface area contributed by atoms with Crippen molar-refractivity contribution in [1.29, 1.82) is 0 Å². The van der Waals surface area contributed by atoms with E-state index in [2.05, 4.69) is 0 Å². The predicted octanol–water partition coefficient (Wildman–Crippen LogP) is 3.71. The van der Waals surface area contributed by atoms with Crippen LogP contribution < -0.4 is 15.9 Å². The van der Waals surface area contributed by atoms with Gasteiger partial charge in [0, 0.05) is 11.2 Å². The van der Waals surface area contributed by atoms with Gasteiger partial charge in [0.15, 0.2) is 0 Å². The third-order valence-electron chi connectivity index (χ3n) is 6.12. The molecule has 1 saturated carbocycles. The molecule has 3 aromatic heterocycles. The Morgan fingerprint density at radius 1 is 1.06 bits per heavy atom. The molecule has 1 aliphatic rings. The van der Waals surface area contributed by atoms with Crippen LogP contribution in [0.3, 0.4) is 0 Å². The van der Waals surface area contributed by atoms with Gasteiger partial charge in [0.05, 0.1) is 10.9 Å². The third-order valence-corrected chi connectivity index (χ3v) is 8.17. The second kappa shape index (κ2) is 7.86. The summed E-state index contributed by atoms with van der Waals surface area (Å²) in [4.78, 5) is 18.0. The first-order chi connectivity index (χ1) is 15.4. The van der Waals surface area contributed by atoms with Gasteiger partial charge >= 0.3 is 0 Å². The minimum absolute atomic E-state index is 0.0234. The van der Waals surface area contributed by atoms with Crippen molar-refractivity contribution in [3.05, 3.63) is 70.1 Å². The van der Waals surface area contributed by atoms with Crippen LogP contribution in [0.1, 0.15) is 38.1 Å². The molecule has 1 aliphatic carbocycles. The quantitative estimate of drug-likeness (QED) is 0.364. The van der Waals surface area contributed by atoms with Crippen LogP contribution in [0.25, 0.3) is 16.7 Å². The highest BCUT2D eigenvalue weighted by Crippen LogP contribution is 2.31. The SMILES string of the molecule is Nc1c(S(=O)(=O)c2ccc(Cl)cc2)cc2c(=O)n3ccccc3nc2[n+]1C1CCCCC1. The van der Waals surface area contributed by atoms with Crippen LogP contribution in [-0.4, -0.2) is 17.8 Å². The maximum absolute atomic E-state index is 13.6. The summed E-state index contributed by atoms with van der Waals surface area (Å²) in [5, 5.41) is 0.655. The molecule has 0 spiro atoms. The van der Waals surface area contributed by atoms with Gasteiger partial charge in [0.25, 0.3) is 11.2 Å². The third kappa shape index (κ3) is 3.34. The summed E-state index contributed by atoms with van der Waals surface area (Å²) in [6.07, 6.45) is 6.47. The molecule has 1 fully saturated rings. The van der Waals surface area contributed by atoms with Crippen molar-refractivity contribution < 1.29 is 13.0 Å². The summed E-state index contributed by atoms with van der Waals surface area (Å²) in [5.41, 5.74) is 7.11. The molecule has 7 nitrogen and oxygen atoms in total. The highest BCUT2D eigenvalue weighted by Gasteiger charge is 2.32. The Bertz CT molecular complexity index is 1510. The van der Waals surface area contributed by atoms with E-state index in [0.717, 1.165) is 32.1 Å². The summed E-state index contributed by atoms with van der Waals surface area (Å²) < 4.78 is 30.3. The molecule has 0 unspecified atom stereocenters. The summed E-state index contributed by atoms with van der Waals surface area (Å²) in [6.45, 7) is 0. The van der Waals surface area contributed by atoms with E-state index >= 15 is 0 Å². The minimum atomic E-state index is -3.99. The topological polar surface area (TPSA) is 98.4 Å². The van der Waals surface area contributed by atoms with Crippen molar-refractivity contribution >= 4 is 43.9 Å². The number of rotatable bonds is 3. The van der Waals surface area contributed by atoms with E-state index in [1.165, 1.54) is 34.7 Å². The number of anilines is 1. The van der Waals surface area contributed by atoms with Crippen molar-refractivity contribution in [3.8, 4) is 0 Å². The van der Waals surface area contributed by atoms with Crippen molar-refractivity contribution in [3.63, 3.8) is 0 Å². The Labute approximate surface area is 190 Å². The fraction of sp³-hybridized carbons (Fsp3) is 0.261. The molecule has 3 heterocycles. The lowest BCUT2D eigenvalue weighted by atomic mass is 9.95. The monoisotopic (exact) mass is 469 g/mol. The molecule has 0 bridgehead atoms. The molecule has 0 atom stereocenters. The Hall–Kier alpha value is -2.97. The number of aromatic nitrogens is 3. The Balaban J connectivity index is 1.87. The van der Waals surface area contributed by atoms with Gasteiger partial charge in [-0.3, -0.25) is 9.20 Å². The largest absolute Gasteiger partial charge is 0.317 e. The number of halogens is 1. The second-order valence-electron chi connectivity index (χ2n) is 8.10. The number of sulfone groups is 1. The van der Waals surface area contributed by atoms with E-state index in [-0.39, 0.29) is 32.6 Å². The summed E-state index contributed by atoms with van der Waals surface area (Å²) in [7, 11) is -3.99. The van der Waals surface area contributed by atoms with Gasteiger partial charge in [-0.15, -0.1) is 0 Å². The van der Waals surface area contributed by atoms with E-state index < -0.39 is 9.84 Å². The van der Waals surface area contributed by atoms with Crippen LogP contribution in [0.2, 0.25) is 5.02 Å². The van der Waals surface area contributed by atoms with E-state index in [9.17, 15) is 13.2 Å². The molecular weight excluding hydrogens is 448 g/mol. The minimum Gasteiger partial charge on any atom is -0.317 e. The standard InChI is InChI=1S/C23H21ClN4O3S/c24-15-9-11-17(12-10-15)32(30,31)19-14-18-22(26-20-8-4-5-13-27(20)23(18)29)28(21(19)25)16-6-2-1-3-7-16/h4-5,8-14,16,25H,1-3,6-7H2/p+1. The predicted molar refractivity (Wildman–Crippen MR) is 123 cm³/mol. The first kappa shape index (κ1) is 20.9. The van der Waals surface area contributed by atoms with E-state index in [1.807, 2.05) is 0 Å². The number of benzene rings is 1. The van der Waals surface area contributed by atoms with Crippen LogP contribution in [0.4, 0.5) is 5.82 Å². The smallest absolute Gasteiger partial charge is 0.278 e. The second-order valence-corrected chi connectivity index (χ2v) is 10.5. The molecule has 9 heteroatoms. The van der Waals surface area contributed by atoms with E-state index in [1.54, 1.807) is 29.0 Å². The molecule has 0 saturated heterocycles. The van der Waals surface area contributed by atoms with Crippen molar-refractivity contribution in [2.45, 2.75) is 47.9 Å². The molecule has 4 aromatic rings. The zero-order valence-electron chi connectivity index (χ0n) is 17.2. The summed E-state index contributed by atoms with van der Waals surface area (Å²) in [6, 6.07) is 12.6. The van der Waals surface area contributed by atoms with Gasteiger partial charge in [0.1, 0.15) is 10.3 Å². The Morgan fingerprint density at radius 2 is 1.78 bits per heavy atom. The van der Waals surface area contributed by atoms with Gasteiger partial charge < -0.3 is 5.73 Å². The van der Waals surface area contributed by atoms with Crippen molar-refractivity contribution in [1.82, 2.24) is 9.38 Å². The lowest BCUT2D eigenvalue weighted by Gasteiger charge is -2.24. The van der Waals surface area contributed by atoms with Gasteiger partial charge in [0.2, 0.25) is 21.3 Å². The fourth-order valence-corrected chi connectivity index (χ4v) is 6.02. The maximum atomic E-state index is 13.6. The van der Waals surface area contributed by atoms with Crippen LogP contribution >= 0.6 is 11.6 Å². The zero-order valence-corrected chi connectivity index (χ0v) is 18.8. The molecule has 164 valence electrons. The first-order valence-electron chi connectivity index (χ1n) is 10.5. The first-order valence-corrected chi connectivity index (χ1v) is 12.4. The Morgan fingerprint density at radius 3 is 2.50 bits per heavy atom. The molecule has 2 N–H and O–H groups in total. The van der Waals surface area contributed by atoms with Crippen LogP contribution in [0.5, 0.6) is 0 Å². The lowest BCUT2D eigenvalue weighted by Crippen LogP contribution is -2.46. The molecule has 32 heavy (non-hydrogen) atoms. The fourth-order valence-electron chi connectivity index (χ4n) is 4.50. The van der Waals surface area contributed by atoms with E-state index in [0.29, 0.717) is 16.3 Å². The van der Waals surface area contributed by atoms with Gasteiger partial charge in [-0.2, -0.15) is 0 Å². The number of hydrogen-bond acceptors (Lipinski definition) is 5. The van der Waals surface area contributed by atoms with Crippen LogP contribution in [-0.2, 0) is 9.84 Å². The molecular formula is C23H22ClN4O3S+. The summed E-state index contributed by atoms with van der Waals surface area (Å²) >= 11 is 5.94. The van der Waals surface area contributed by atoms with E-state index in [4.69, 9.17) is 22.3 Å². The number of nitrogens with two attached hydrogens (primary N) is 1. The number of nitrogens with zero attached hydrogens (tertiary/aromatic N) is 3. The van der Waals surface area contributed by atoms with Crippen molar-refractivity contribution in [2.24, 2.45) is 0 Å². The highest BCUT2D eigenvalue weighted by molar-refractivity contribution is 7.91. The number of fused-ring (bicyclic) bond motifs is 2. The molecule has 0 aliphatic heterocycles. The number of pyridine rings is 2. The molecule has 0 radical (unpaired) electrons. The maximum Gasteiger partial charge on any atom is 0.278 e. The zero-order chi connectivity index (χ0) is 22.5. The molecule has 5 rings (SSSR count). The molecule has 0 amide bonds. The number of hydrogen-bond donors (Lipinski definition) is 1. The Kier molecular flexibility index (Phi) is 5.14. The van der Waals surface area contributed by atoms with Crippen LogP contribution in [0, 0.1) is 0 Å². The number of nitrogen functional groups attached to an aromatic ring is 1. The average Bonchev–Trinajstić information content (AvgIpc) is 2.80. The van der Waals surface area contributed by atoms with Gasteiger partial charge in [-0.1, -0.05) is 29.1 Å². The summed E-state index contributed by atoms with van der Waals surface area (Å²) in [5.74, 6) is 0.103. The highest BCUT2D eigenvalue weighted by atomic mass is 35.5. The van der Waals surface area contributed by atoms with Crippen LogP contribution in [0.15, 0.2) is 69.3 Å². The van der Waals surface area contributed by atoms with Gasteiger partial charge in [-0.25, -0.2) is 13.0 Å². The van der Waals surface area contributed by atoms with Crippen molar-refractivity contribution in [2.75, 3.05) is 5.73 Å². The van der Waals surface area contributed by atoms with Gasteiger partial charge in [-0.05, 0) is 68.1 Å². The lowest BCUT2D eigenvalue weighted by molar-refractivity contribution is -0.690. The normalized spacial score (nSPS) is 15.4. The average molecular weight is 470 g/mol. The molecule has 1 aromatic carbocycles.